The molecule has 2 nitrogen and oxygen atoms in total. The molecule has 1 aromatic heterocycles. The van der Waals surface area contributed by atoms with Gasteiger partial charge in [-0.25, -0.2) is 0 Å². The summed E-state index contributed by atoms with van der Waals surface area (Å²) in [6.45, 7) is 13.4. The van der Waals surface area contributed by atoms with Crippen LogP contribution in [0.15, 0.2) is 28.9 Å². The van der Waals surface area contributed by atoms with Gasteiger partial charge >= 0.3 is 0 Å². The quantitative estimate of drug-likeness (QED) is 0.621. The van der Waals surface area contributed by atoms with Gasteiger partial charge in [0.15, 0.2) is 8.24 Å². The van der Waals surface area contributed by atoms with Crippen molar-refractivity contribution in [3.05, 3.63) is 34.4 Å². The standard InChI is InChI=1S/C20H31BrN2Si/c1-20(2,3)24(4,5)23-14-15(8-10-17-7-6-12-22-17)18-13-16(21)9-11-19(18)23/h9,11,13-14,17,22H,6-8,10,12H2,1-5H3. The van der Waals surface area contributed by atoms with Crippen molar-refractivity contribution in [2.75, 3.05) is 6.54 Å². The summed E-state index contributed by atoms with van der Waals surface area (Å²) in [5.74, 6) is 0. The Hall–Kier alpha value is -0.583. The molecule has 1 aromatic carbocycles. The van der Waals surface area contributed by atoms with Crippen molar-refractivity contribution in [1.82, 2.24) is 9.55 Å². The fourth-order valence-electron chi connectivity index (χ4n) is 3.63. The first-order valence-electron chi connectivity index (χ1n) is 9.23. The number of rotatable bonds is 4. The van der Waals surface area contributed by atoms with Gasteiger partial charge in [0.25, 0.3) is 0 Å². The zero-order valence-electron chi connectivity index (χ0n) is 15.7. The van der Waals surface area contributed by atoms with E-state index in [1.165, 1.54) is 53.2 Å². The van der Waals surface area contributed by atoms with Gasteiger partial charge in [-0.05, 0) is 67.2 Å². The molecule has 3 rings (SSSR count). The third-order valence-electron chi connectivity index (χ3n) is 6.21. The summed E-state index contributed by atoms with van der Waals surface area (Å²) in [7, 11) is -1.62. The number of hydrogen-bond donors (Lipinski definition) is 1. The van der Waals surface area contributed by atoms with Gasteiger partial charge < -0.3 is 9.55 Å². The topological polar surface area (TPSA) is 17.0 Å². The van der Waals surface area contributed by atoms with Crippen molar-refractivity contribution in [2.45, 2.75) is 70.6 Å². The lowest BCUT2D eigenvalue weighted by Gasteiger charge is -2.38. The van der Waals surface area contributed by atoms with E-state index >= 15 is 0 Å². The maximum absolute atomic E-state index is 3.67. The second kappa shape index (κ2) is 6.62. The first-order chi connectivity index (χ1) is 11.2. The lowest BCUT2D eigenvalue weighted by Crippen LogP contribution is -2.44. The number of halogens is 1. The molecule has 1 aliphatic heterocycles. The van der Waals surface area contributed by atoms with Gasteiger partial charge in [-0.1, -0.05) is 49.8 Å². The van der Waals surface area contributed by atoms with Crippen LogP contribution >= 0.6 is 15.9 Å². The van der Waals surface area contributed by atoms with E-state index < -0.39 is 8.24 Å². The lowest BCUT2D eigenvalue weighted by atomic mass is 10.0. The molecule has 1 fully saturated rings. The molecule has 0 amide bonds. The zero-order valence-corrected chi connectivity index (χ0v) is 18.3. The van der Waals surface area contributed by atoms with Crippen LogP contribution in [0.1, 0.15) is 45.6 Å². The molecule has 2 heterocycles. The van der Waals surface area contributed by atoms with E-state index in [2.05, 4.69) is 83.7 Å². The van der Waals surface area contributed by atoms with E-state index in [-0.39, 0.29) is 0 Å². The number of aromatic nitrogens is 1. The average Bonchev–Trinajstić information content (AvgIpc) is 3.11. The van der Waals surface area contributed by atoms with Gasteiger partial charge in [0.05, 0.1) is 0 Å². The van der Waals surface area contributed by atoms with E-state index in [1.807, 2.05) is 0 Å². The Labute approximate surface area is 156 Å². The molecular weight excluding hydrogens is 376 g/mol. The van der Waals surface area contributed by atoms with Gasteiger partial charge in [-0.3, -0.25) is 0 Å². The molecule has 4 heteroatoms. The molecule has 0 radical (unpaired) electrons. The average molecular weight is 407 g/mol. The lowest BCUT2D eigenvalue weighted by molar-refractivity contribution is 0.560. The Balaban J connectivity index is 2.01. The van der Waals surface area contributed by atoms with Gasteiger partial charge in [-0.2, -0.15) is 0 Å². The number of aryl methyl sites for hydroxylation is 1. The summed E-state index contributed by atoms with van der Waals surface area (Å²) in [5, 5.41) is 5.41. The van der Waals surface area contributed by atoms with Crippen LogP contribution in [0.4, 0.5) is 0 Å². The summed E-state index contributed by atoms with van der Waals surface area (Å²) in [6, 6.07) is 7.52. The zero-order chi connectivity index (χ0) is 17.5. The molecule has 24 heavy (non-hydrogen) atoms. The number of nitrogens with one attached hydrogen (secondary N) is 1. The van der Waals surface area contributed by atoms with Crippen molar-refractivity contribution >= 4 is 35.1 Å². The third kappa shape index (κ3) is 3.38. The van der Waals surface area contributed by atoms with Crippen LogP contribution in [0, 0.1) is 0 Å². The van der Waals surface area contributed by atoms with Gasteiger partial charge in [-0.15, -0.1) is 0 Å². The predicted molar refractivity (Wildman–Crippen MR) is 112 cm³/mol. The van der Waals surface area contributed by atoms with Gasteiger partial charge in [0.1, 0.15) is 0 Å². The highest BCUT2D eigenvalue weighted by Gasteiger charge is 2.38. The predicted octanol–water partition coefficient (Wildman–Crippen LogP) is 5.94. The van der Waals surface area contributed by atoms with Crippen LogP contribution < -0.4 is 5.32 Å². The van der Waals surface area contributed by atoms with E-state index in [9.17, 15) is 0 Å². The highest BCUT2D eigenvalue weighted by Crippen LogP contribution is 2.40. The van der Waals surface area contributed by atoms with E-state index in [0.717, 1.165) is 0 Å². The Morgan fingerprint density at radius 2 is 2.04 bits per heavy atom. The summed E-state index contributed by atoms with van der Waals surface area (Å²) in [5.41, 5.74) is 2.93. The molecule has 132 valence electrons. The molecule has 0 bridgehead atoms. The van der Waals surface area contributed by atoms with Crippen LogP contribution in [0.2, 0.25) is 18.1 Å². The minimum absolute atomic E-state index is 0.330. The van der Waals surface area contributed by atoms with Crippen LogP contribution in [0.5, 0.6) is 0 Å². The largest absolute Gasteiger partial charge is 0.374 e. The maximum Gasteiger partial charge on any atom is 0.161 e. The van der Waals surface area contributed by atoms with Gasteiger partial charge in [0, 0.05) is 21.4 Å². The molecule has 1 aliphatic rings. The molecule has 0 saturated carbocycles. The fraction of sp³-hybridized carbons (Fsp3) is 0.600. The highest BCUT2D eigenvalue weighted by atomic mass is 79.9. The van der Waals surface area contributed by atoms with Crippen molar-refractivity contribution < 1.29 is 0 Å². The molecule has 1 unspecified atom stereocenters. The minimum atomic E-state index is -1.62. The molecule has 2 aromatic rings. The summed E-state index contributed by atoms with van der Waals surface area (Å²) < 4.78 is 3.83. The van der Waals surface area contributed by atoms with E-state index in [0.29, 0.717) is 11.1 Å². The Morgan fingerprint density at radius 3 is 2.67 bits per heavy atom. The van der Waals surface area contributed by atoms with Crippen LogP contribution in [0.3, 0.4) is 0 Å². The van der Waals surface area contributed by atoms with Crippen molar-refractivity contribution in [3.8, 4) is 0 Å². The number of hydrogen-bond acceptors (Lipinski definition) is 1. The van der Waals surface area contributed by atoms with Crippen molar-refractivity contribution in [3.63, 3.8) is 0 Å². The van der Waals surface area contributed by atoms with E-state index in [4.69, 9.17) is 0 Å². The van der Waals surface area contributed by atoms with Crippen LogP contribution in [-0.2, 0) is 6.42 Å². The molecule has 1 N–H and O–H groups in total. The smallest absolute Gasteiger partial charge is 0.161 e. The van der Waals surface area contributed by atoms with E-state index in [1.54, 1.807) is 0 Å². The minimum Gasteiger partial charge on any atom is -0.374 e. The summed E-state index contributed by atoms with van der Waals surface area (Å²) in [4.78, 5) is 0. The molecular formula is C20H31BrN2Si. The number of fused-ring (bicyclic) bond motifs is 1. The molecule has 1 saturated heterocycles. The van der Waals surface area contributed by atoms with Crippen molar-refractivity contribution in [1.29, 1.82) is 0 Å². The Morgan fingerprint density at radius 1 is 1.29 bits per heavy atom. The monoisotopic (exact) mass is 406 g/mol. The highest BCUT2D eigenvalue weighted by molar-refractivity contribution is 9.10. The first kappa shape index (κ1) is 18.2. The van der Waals surface area contributed by atoms with Crippen molar-refractivity contribution in [2.24, 2.45) is 0 Å². The second-order valence-corrected chi connectivity index (χ2v) is 14.8. The first-order valence-corrected chi connectivity index (χ1v) is 13.0. The molecule has 1 atom stereocenters. The van der Waals surface area contributed by atoms with Crippen LogP contribution in [0.25, 0.3) is 10.9 Å². The fourth-order valence-corrected chi connectivity index (χ4v) is 5.99. The maximum atomic E-state index is 3.67. The Kier molecular flexibility index (Phi) is 5.02. The summed E-state index contributed by atoms with van der Waals surface area (Å²) >= 11 is 3.67. The van der Waals surface area contributed by atoms with Crippen LogP contribution in [-0.4, -0.2) is 25.1 Å². The molecule has 0 aliphatic carbocycles. The van der Waals surface area contributed by atoms with Gasteiger partial charge in [0.2, 0.25) is 0 Å². The third-order valence-corrected chi connectivity index (χ3v) is 11.9. The normalized spacial score (nSPS) is 19.3. The number of benzene rings is 1. The second-order valence-electron chi connectivity index (χ2n) is 8.83. The SMILES string of the molecule is CC(C)(C)[Si](C)(C)n1cc(CCC2CCCN2)c2cc(Br)ccc21. The molecule has 0 spiro atoms. The number of nitrogens with zero attached hydrogens (tertiary/aromatic N) is 1. The Bertz CT molecular complexity index is 721. The summed E-state index contributed by atoms with van der Waals surface area (Å²) in [6.07, 6.45) is 7.57.